The molecule has 4 rings (SSSR count). The Morgan fingerprint density at radius 3 is 2.69 bits per heavy atom. The first-order chi connectivity index (χ1) is 14.0. The number of nitrogens with one attached hydrogen (secondary N) is 1. The third kappa shape index (κ3) is 3.97. The molecule has 0 amide bonds. The fourth-order valence-corrected chi connectivity index (χ4v) is 3.84. The predicted octanol–water partition coefficient (Wildman–Crippen LogP) is 4.78. The van der Waals surface area contributed by atoms with Crippen LogP contribution in [-0.2, 0) is 19.4 Å². The van der Waals surface area contributed by atoms with Crippen LogP contribution in [0.3, 0.4) is 0 Å². The Bertz CT molecular complexity index is 1080. The number of benzene rings is 2. The number of carboxylic acid groups (broad SMARTS) is 1. The lowest BCUT2D eigenvalue weighted by Crippen LogP contribution is -2.13. The van der Waals surface area contributed by atoms with Gasteiger partial charge in [-0.2, -0.15) is 0 Å². The third-order valence-corrected chi connectivity index (χ3v) is 5.24. The molecular weight excluding hydrogens is 369 g/mol. The van der Waals surface area contributed by atoms with Gasteiger partial charge in [0.25, 0.3) is 0 Å². The molecule has 2 N–H and O–H groups in total. The second-order valence-electron chi connectivity index (χ2n) is 7.27. The molecule has 0 radical (unpaired) electrons. The molecule has 5 nitrogen and oxygen atoms in total. The van der Waals surface area contributed by atoms with Crippen LogP contribution in [0.1, 0.15) is 45.8 Å². The zero-order valence-electron chi connectivity index (χ0n) is 16.2. The van der Waals surface area contributed by atoms with Gasteiger partial charge < -0.3 is 10.4 Å². The van der Waals surface area contributed by atoms with E-state index in [0.29, 0.717) is 12.1 Å². The average molecular weight is 391 g/mol. The molecule has 1 aromatic heterocycles. The number of aromatic carboxylic acids is 1. The van der Waals surface area contributed by atoms with Crippen LogP contribution < -0.4 is 5.32 Å². The van der Waals surface area contributed by atoms with E-state index in [1.165, 1.54) is 12.1 Å². The molecule has 0 spiro atoms. The van der Waals surface area contributed by atoms with Gasteiger partial charge in [-0.25, -0.2) is 19.2 Å². The van der Waals surface area contributed by atoms with Crippen molar-refractivity contribution in [3.63, 3.8) is 0 Å². The van der Waals surface area contributed by atoms with Gasteiger partial charge in [0.2, 0.25) is 0 Å². The van der Waals surface area contributed by atoms with Crippen LogP contribution in [0.2, 0.25) is 0 Å². The van der Waals surface area contributed by atoms with Gasteiger partial charge in [0, 0.05) is 23.4 Å². The zero-order valence-corrected chi connectivity index (χ0v) is 16.2. The van der Waals surface area contributed by atoms with Gasteiger partial charge in [-0.15, -0.1) is 0 Å². The number of hydrogen-bond donors (Lipinski definition) is 2. The van der Waals surface area contributed by atoms with E-state index < -0.39 is 11.8 Å². The number of aromatic nitrogens is 2. The van der Waals surface area contributed by atoms with E-state index in [9.17, 15) is 14.3 Å². The van der Waals surface area contributed by atoms with Crippen molar-refractivity contribution in [1.82, 2.24) is 9.97 Å². The van der Waals surface area contributed by atoms with Crippen molar-refractivity contribution in [3.05, 3.63) is 76.5 Å². The lowest BCUT2D eigenvalue weighted by molar-refractivity contribution is 0.0697. The standard InChI is InChI=1S/C23H22FN3O2/c1-14-26-21-9-5-4-8-19(21)22(27-14)25-13-15-10-11-17(20(24)12-15)16-6-2-3-7-18(16)23(28)29/h2-3,6-7,10-12H,4-5,8-9,13H2,1H3,(H,28,29)(H,25,26,27). The molecule has 3 aromatic rings. The summed E-state index contributed by atoms with van der Waals surface area (Å²) in [4.78, 5) is 20.5. The molecule has 2 aromatic carbocycles. The van der Waals surface area contributed by atoms with E-state index in [1.54, 1.807) is 24.3 Å². The number of rotatable bonds is 5. The number of aryl methyl sites for hydroxylation is 2. The Balaban J connectivity index is 1.58. The molecule has 148 valence electrons. The zero-order chi connectivity index (χ0) is 20.4. The summed E-state index contributed by atoms with van der Waals surface area (Å²) in [5.74, 6) is 0.0430. The molecule has 1 aliphatic rings. The van der Waals surface area contributed by atoms with Crippen molar-refractivity contribution >= 4 is 11.8 Å². The Kier molecular flexibility index (Phi) is 5.25. The quantitative estimate of drug-likeness (QED) is 0.655. The number of nitrogens with zero attached hydrogens (tertiary/aromatic N) is 2. The van der Waals surface area contributed by atoms with Crippen molar-refractivity contribution in [1.29, 1.82) is 0 Å². The van der Waals surface area contributed by atoms with E-state index in [-0.39, 0.29) is 11.1 Å². The fourth-order valence-electron chi connectivity index (χ4n) is 3.84. The summed E-state index contributed by atoms with van der Waals surface area (Å²) in [6, 6.07) is 11.3. The smallest absolute Gasteiger partial charge is 0.336 e. The van der Waals surface area contributed by atoms with Gasteiger partial charge in [0.15, 0.2) is 0 Å². The summed E-state index contributed by atoms with van der Waals surface area (Å²) in [5.41, 5.74) is 3.77. The molecule has 29 heavy (non-hydrogen) atoms. The second kappa shape index (κ2) is 7.99. The fraction of sp³-hybridized carbons (Fsp3) is 0.261. The molecule has 0 unspecified atom stereocenters. The monoisotopic (exact) mass is 391 g/mol. The first kappa shape index (κ1) is 19.1. The van der Waals surface area contributed by atoms with Crippen molar-refractivity contribution in [2.75, 3.05) is 5.32 Å². The summed E-state index contributed by atoms with van der Waals surface area (Å²) in [6.07, 6.45) is 4.20. The highest BCUT2D eigenvalue weighted by Gasteiger charge is 2.17. The molecule has 0 aliphatic heterocycles. The maximum absolute atomic E-state index is 14.8. The Hall–Kier alpha value is -3.28. The number of hydrogen-bond acceptors (Lipinski definition) is 4. The van der Waals surface area contributed by atoms with E-state index in [4.69, 9.17) is 0 Å². The molecule has 0 saturated carbocycles. The van der Waals surface area contributed by atoms with Gasteiger partial charge in [-0.1, -0.05) is 30.3 Å². The Morgan fingerprint density at radius 2 is 1.90 bits per heavy atom. The summed E-state index contributed by atoms with van der Waals surface area (Å²) < 4.78 is 14.8. The molecule has 0 fully saturated rings. The minimum Gasteiger partial charge on any atom is -0.478 e. The van der Waals surface area contributed by atoms with Gasteiger partial charge in [-0.3, -0.25) is 0 Å². The SMILES string of the molecule is Cc1nc2c(c(NCc3ccc(-c4ccccc4C(=O)O)c(F)c3)n1)CCCC2. The van der Waals surface area contributed by atoms with Crippen LogP contribution in [0, 0.1) is 12.7 Å². The van der Waals surface area contributed by atoms with Gasteiger partial charge in [-0.05, 0) is 55.9 Å². The lowest BCUT2D eigenvalue weighted by atomic mass is 9.96. The van der Waals surface area contributed by atoms with Crippen molar-refractivity contribution < 1.29 is 14.3 Å². The number of carbonyl (C=O) groups is 1. The molecular formula is C23H22FN3O2. The minimum atomic E-state index is -1.07. The summed E-state index contributed by atoms with van der Waals surface area (Å²) in [5, 5.41) is 12.7. The second-order valence-corrected chi connectivity index (χ2v) is 7.27. The molecule has 1 heterocycles. The average Bonchev–Trinajstić information content (AvgIpc) is 2.72. The van der Waals surface area contributed by atoms with Crippen molar-refractivity contribution in [3.8, 4) is 11.1 Å². The first-order valence-corrected chi connectivity index (χ1v) is 9.74. The highest BCUT2D eigenvalue weighted by Crippen LogP contribution is 2.28. The van der Waals surface area contributed by atoms with Gasteiger partial charge in [0.05, 0.1) is 5.56 Å². The van der Waals surface area contributed by atoms with Crippen LogP contribution in [0.5, 0.6) is 0 Å². The van der Waals surface area contributed by atoms with Crippen LogP contribution in [0.25, 0.3) is 11.1 Å². The van der Waals surface area contributed by atoms with Crippen LogP contribution in [0.15, 0.2) is 42.5 Å². The number of fused-ring (bicyclic) bond motifs is 1. The van der Waals surface area contributed by atoms with E-state index in [1.807, 2.05) is 13.0 Å². The van der Waals surface area contributed by atoms with Crippen LogP contribution in [-0.4, -0.2) is 21.0 Å². The van der Waals surface area contributed by atoms with Crippen LogP contribution >= 0.6 is 0 Å². The summed E-state index contributed by atoms with van der Waals surface area (Å²) >= 11 is 0. The van der Waals surface area contributed by atoms with Crippen molar-refractivity contribution in [2.45, 2.75) is 39.2 Å². The number of anilines is 1. The normalized spacial score (nSPS) is 13.0. The van der Waals surface area contributed by atoms with E-state index >= 15 is 0 Å². The topological polar surface area (TPSA) is 75.1 Å². The number of halogens is 1. The minimum absolute atomic E-state index is 0.0837. The van der Waals surface area contributed by atoms with E-state index in [2.05, 4.69) is 15.3 Å². The predicted molar refractivity (Wildman–Crippen MR) is 110 cm³/mol. The highest BCUT2D eigenvalue weighted by molar-refractivity contribution is 5.96. The van der Waals surface area contributed by atoms with E-state index in [0.717, 1.165) is 54.1 Å². The maximum atomic E-state index is 14.8. The molecule has 1 aliphatic carbocycles. The Morgan fingerprint density at radius 1 is 1.10 bits per heavy atom. The molecule has 0 atom stereocenters. The highest BCUT2D eigenvalue weighted by atomic mass is 19.1. The Labute approximate surface area is 168 Å². The molecule has 0 saturated heterocycles. The van der Waals surface area contributed by atoms with Crippen molar-refractivity contribution in [2.24, 2.45) is 0 Å². The summed E-state index contributed by atoms with van der Waals surface area (Å²) in [6.45, 7) is 2.31. The molecule has 0 bridgehead atoms. The summed E-state index contributed by atoms with van der Waals surface area (Å²) in [7, 11) is 0. The van der Waals surface area contributed by atoms with Gasteiger partial charge >= 0.3 is 5.97 Å². The first-order valence-electron chi connectivity index (χ1n) is 9.74. The lowest BCUT2D eigenvalue weighted by Gasteiger charge is -2.19. The maximum Gasteiger partial charge on any atom is 0.336 e. The third-order valence-electron chi connectivity index (χ3n) is 5.24. The largest absolute Gasteiger partial charge is 0.478 e. The molecule has 6 heteroatoms. The van der Waals surface area contributed by atoms with Gasteiger partial charge in [0.1, 0.15) is 17.5 Å². The van der Waals surface area contributed by atoms with Crippen LogP contribution in [0.4, 0.5) is 10.2 Å². The number of carboxylic acids is 1.